The number of benzene rings is 2. The molecule has 1 aliphatic heterocycles. The number of aromatic nitrogens is 2. The highest BCUT2D eigenvalue weighted by Gasteiger charge is 2.24. The summed E-state index contributed by atoms with van der Waals surface area (Å²) in [4.78, 5) is 27.6. The topological polar surface area (TPSA) is 67.2 Å². The summed E-state index contributed by atoms with van der Waals surface area (Å²) >= 11 is 0. The molecule has 160 valence electrons. The van der Waals surface area contributed by atoms with Crippen LogP contribution in [0.3, 0.4) is 0 Å². The van der Waals surface area contributed by atoms with Gasteiger partial charge in [0.1, 0.15) is 0 Å². The Labute approximate surface area is 182 Å². The van der Waals surface area contributed by atoms with Crippen LogP contribution in [-0.2, 0) is 0 Å². The number of amides is 2. The molecule has 2 heterocycles. The van der Waals surface area contributed by atoms with Gasteiger partial charge in [0.25, 0.3) is 11.8 Å². The summed E-state index contributed by atoms with van der Waals surface area (Å²) in [5.74, 6) is -0.117. The second kappa shape index (κ2) is 8.76. The molecule has 6 nitrogen and oxygen atoms in total. The number of piperidine rings is 1. The molecule has 1 aromatic heterocycles. The van der Waals surface area contributed by atoms with Crippen molar-refractivity contribution in [2.45, 2.75) is 46.1 Å². The van der Waals surface area contributed by atoms with Crippen molar-refractivity contribution in [2.24, 2.45) is 0 Å². The van der Waals surface area contributed by atoms with Crippen molar-refractivity contribution in [3.8, 4) is 5.69 Å². The first-order valence-corrected chi connectivity index (χ1v) is 10.8. The Balaban J connectivity index is 1.46. The van der Waals surface area contributed by atoms with E-state index < -0.39 is 0 Å². The van der Waals surface area contributed by atoms with Crippen LogP contribution in [0.4, 0.5) is 5.69 Å². The Morgan fingerprint density at radius 3 is 2.39 bits per heavy atom. The number of anilines is 1. The van der Waals surface area contributed by atoms with Gasteiger partial charge < -0.3 is 10.2 Å². The molecular formula is C25H28N4O2. The maximum Gasteiger partial charge on any atom is 0.255 e. The lowest BCUT2D eigenvalue weighted by Crippen LogP contribution is -2.42. The quantitative estimate of drug-likeness (QED) is 0.667. The van der Waals surface area contributed by atoms with Crippen molar-refractivity contribution >= 4 is 17.5 Å². The molecule has 0 aliphatic carbocycles. The van der Waals surface area contributed by atoms with Gasteiger partial charge in [0.2, 0.25) is 0 Å². The lowest BCUT2D eigenvalue weighted by atomic mass is 10.0. The van der Waals surface area contributed by atoms with Crippen molar-refractivity contribution < 1.29 is 9.59 Å². The molecule has 31 heavy (non-hydrogen) atoms. The molecule has 0 saturated carbocycles. The van der Waals surface area contributed by atoms with Crippen molar-refractivity contribution in [3.63, 3.8) is 0 Å². The number of carbonyl (C=O) groups is 2. The summed E-state index contributed by atoms with van der Waals surface area (Å²) in [5.41, 5.74) is 4.75. The summed E-state index contributed by atoms with van der Waals surface area (Å²) in [7, 11) is 0. The highest BCUT2D eigenvalue weighted by molar-refractivity contribution is 6.05. The first-order valence-electron chi connectivity index (χ1n) is 10.8. The molecule has 1 atom stereocenters. The molecule has 2 aromatic carbocycles. The smallest absolute Gasteiger partial charge is 0.255 e. The maximum atomic E-state index is 12.9. The fourth-order valence-corrected chi connectivity index (χ4v) is 4.09. The molecule has 1 saturated heterocycles. The zero-order valence-electron chi connectivity index (χ0n) is 18.3. The third kappa shape index (κ3) is 4.38. The van der Waals surface area contributed by atoms with Crippen LogP contribution >= 0.6 is 0 Å². The number of likely N-dealkylation sites (tertiary alicyclic amines) is 1. The summed E-state index contributed by atoms with van der Waals surface area (Å²) in [6, 6.07) is 15.0. The molecule has 4 rings (SSSR count). The van der Waals surface area contributed by atoms with Gasteiger partial charge in [0.05, 0.1) is 5.69 Å². The minimum absolute atomic E-state index is 0.0673. The monoisotopic (exact) mass is 416 g/mol. The fourth-order valence-electron chi connectivity index (χ4n) is 4.09. The average molecular weight is 417 g/mol. The highest BCUT2D eigenvalue weighted by atomic mass is 16.2. The van der Waals surface area contributed by atoms with Gasteiger partial charge in [-0.15, -0.1) is 0 Å². The normalized spacial score (nSPS) is 16.2. The van der Waals surface area contributed by atoms with E-state index in [9.17, 15) is 9.59 Å². The lowest BCUT2D eigenvalue weighted by molar-refractivity contribution is 0.0635. The van der Waals surface area contributed by atoms with E-state index in [4.69, 9.17) is 0 Å². The highest BCUT2D eigenvalue weighted by Crippen LogP contribution is 2.23. The van der Waals surface area contributed by atoms with Crippen molar-refractivity contribution in [1.29, 1.82) is 0 Å². The minimum Gasteiger partial charge on any atom is -0.336 e. The van der Waals surface area contributed by atoms with Gasteiger partial charge in [-0.1, -0.05) is 0 Å². The van der Waals surface area contributed by atoms with Gasteiger partial charge in [-0.2, -0.15) is 5.10 Å². The van der Waals surface area contributed by atoms with Crippen molar-refractivity contribution in [1.82, 2.24) is 14.7 Å². The third-order valence-corrected chi connectivity index (χ3v) is 5.99. The largest absolute Gasteiger partial charge is 0.336 e. The fraction of sp³-hybridized carbons (Fsp3) is 0.320. The van der Waals surface area contributed by atoms with E-state index in [1.54, 1.807) is 24.4 Å². The van der Waals surface area contributed by atoms with E-state index in [2.05, 4.69) is 17.3 Å². The van der Waals surface area contributed by atoms with Crippen LogP contribution in [0.15, 0.2) is 54.7 Å². The zero-order chi connectivity index (χ0) is 22.0. The predicted molar refractivity (Wildman–Crippen MR) is 122 cm³/mol. The Kier molecular flexibility index (Phi) is 5.89. The molecule has 1 aliphatic rings. The molecule has 1 N–H and O–H groups in total. The number of nitrogens with zero attached hydrogens (tertiary/aromatic N) is 3. The van der Waals surface area contributed by atoms with E-state index >= 15 is 0 Å². The van der Waals surface area contributed by atoms with Gasteiger partial charge in [-0.25, -0.2) is 4.68 Å². The number of carbonyl (C=O) groups excluding carboxylic acids is 2. The first kappa shape index (κ1) is 20.8. The van der Waals surface area contributed by atoms with Crippen LogP contribution in [0, 0.1) is 13.8 Å². The van der Waals surface area contributed by atoms with Crippen LogP contribution in [0.1, 0.15) is 58.2 Å². The summed E-state index contributed by atoms with van der Waals surface area (Å²) in [6.07, 6.45) is 5.04. The van der Waals surface area contributed by atoms with E-state index in [0.29, 0.717) is 16.8 Å². The van der Waals surface area contributed by atoms with Crippen LogP contribution in [-0.4, -0.2) is 39.1 Å². The van der Waals surface area contributed by atoms with E-state index in [0.717, 1.165) is 36.3 Å². The number of aryl methyl sites for hydroxylation is 2. The standard InChI is InChI=1S/C25H28N4O2/c1-17-16-21(25(31)28-15-5-4-6-18(28)2)9-12-23(17)27-24(30)20-7-10-22(11-8-20)29-19(3)13-14-26-29/h7-14,16,18H,4-6,15H2,1-3H3,(H,27,30). The molecule has 3 aromatic rings. The minimum atomic E-state index is -0.185. The molecule has 0 radical (unpaired) electrons. The Bertz CT molecular complexity index is 1100. The predicted octanol–water partition coefficient (Wildman–Crippen LogP) is 4.76. The zero-order valence-corrected chi connectivity index (χ0v) is 18.3. The molecule has 2 amide bonds. The van der Waals surface area contributed by atoms with Crippen LogP contribution in [0.2, 0.25) is 0 Å². The van der Waals surface area contributed by atoms with Gasteiger partial charge in [0.15, 0.2) is 0 Å². The number of hydrogen-bond acceptors (Lipinski definition) is 3. The summed E-state index contributed by atoms with van der Waals surface area (Å²) in [6.45, 7) is 6.81. The SMILES string of the molecule is Cc1cc(C(=O)N2CCCCC2C)ccc1NC(=O)c1ccc(-n2nccc2C)cc1. The maximum absolute atomic E-state index is 12.9. The van der Waals surface area contributed by atoms with Crippen LogP contribution in [0.5, 0.6) is 0 Å². The van der Waals surface area contributed by atoms with E-state index in [-0.39, 0.29) is 17.9 Å². The average Bonchev–Trinajstić information content (AvgIpc) is 3.21. The lowest BCUT2D eigenvalue weighted by Gasteiger charge is -2.33. The second-order valence-corrected chi connectivity index (χ2v) is 8.26. The number of hydrogen-bond donors (Lipinski definition) is 1. The molecule has 0 bridgehead atoms. The van der Waals surface area contributed by atoms with E-state index in [1.165, 1.54) is 6.42 Å². The second-order valence-electron chi connectivity index (χ2n) is 8.26. The van der Waals surface area contributed by atoms with Gasteiger partial charge in [0, 0.05) is 41.3 Å². The van der Waals surface area contributed by atoms with Crippen LogP contribution < -0.4 is 5.32 Å². The van der Waals surface area contributed by atoms with Crippen molar-refractivity contribution in [3.05, 3.63) is 77.1 Å². The molecule has 1 fully saturated rings. The third-order valence-electron chi connectivity index (χ3n) is 5.99. The first-order chi connectivity index (χ1) is 14.9. The number of nitrogens with one attached hydrogen (secondary N) is 1. The van der Waals surface area contributed by atoms with E-state index in [1.807, 2.05) is 53.8 Å². The molecule has 6 heteroatoms. The molecular weight excluding hydrogens is 388 g/mol. The molecule has 0 spiro atoms. The summed E-state index contributed by atoms with van der Waals surface area (Å²) in [5, 5.41) is 7.25. The Hall–Kier alpha value is -3.41. The molecule has 1 unspecified atom stereocenters. The van der Waals surface area contributed by atoms with Crippen LogP contribution in [0.25, 0.3) is 5.69 Å². The van der Waals surface area contributed by atoms with Gasteiger partial charge in [-0.05, 0) is 94.1 Å². The Morgan fingerprint density at radius 1 is 1.00 bits per heavy atom. The van der Waals surface area contributed by atoms with Crippen molar-refractivity contribution in [2.75, 3.05) is 11.9 Å². The van der Waals surface area contributed by atoms with Gasteiger partial charge in [-0.3, -0.25) is 9.59 Å². The summed E-state index contributed by atoms with van der Waals surface area (Å²) < 4.78 is 1.82. The van der Waals surface area contributed by atoms with Gasteiger partial charge >= 0.3 is 0 Å². The number of rotatable bonds is 4. The Morgan fingerprint density at radius 2 is 1.74 bits per heavy atom.